The number of nitrogens with one attached hydrogen (secondary N) is 2. The highest BCUT2D eigenvalue weighted by Crippen LogP contribution is 2.32. The molecule has 0 spiro atoms. The van der Waals surface area contributed by atoms with Crippen molar-refractivity contribution in [2.45, 2.75) is 37.4 Å². The molecule has 180 valence electrons. The summed E-state index contributed by atoms with van der Waals surface area (Å²) in [5.74, 6) is 5.92. The van der Waals surface area contributed by atoms with E-state index < -0.39 is 11.2 Å². The molecule has 0 saturated heterocycles. The minimum atomic E-state index is -0.536. The number of thiol groups is 1. The van der Waals surface area contributed by atoms with E-state index in [-0.39, 0.29) is 41.4 Å². The van der Waals surface area contributed by atoms with Crippen molar-refractivity contribution in [3.63, 3.8) is 0 Å². The summed E-state index contributed by atoms with van der Waals surface area (Å²) in [4.78, 5) is 54.1. The first kappa shape index (κ1) is 23.0. The standard InChI is InChI=1S/C24H24N6O4S/c1-28-18-19(27-23(28)35)30(24(34)29(2)22(18)33)9-3-4-13-10-16(25-20(31)14-5-6-14)12-17(11-13)26-21(32)15-7-8-15/h10-12,14-15H,5-9H2,1-2H3,(H,25,31)(H,26,32)(H,27,35). The van der Waals surface area contributed by atoms with E-state index in [0.717, 1.165) is 30.3 Å². The van der Waals surface area contributed by atoms with Crippen molar-refractivity contribution in [3.05, 3.63) is 44.6 Å². The number of amides is 2. The van der Waals surface area contributed by atoms with Crippen molar-refractivity contribution in [1.29, 1.82) is 0 Å². The molecule has 2 N–H and O–H groups in total. The monoisotopic (exact) mass is 492 g/mol. The third-order valence-corrected chi connectivity index (χ3v) is 6.57. The first-order valence-electron chi connectivity index (χ1n) is 11.3. The molecular weight excluding hydrogens is 468 g/mol. The fourth-order valence-electron chi connectivity index (χ4n) is 3.80. The zero-order valence-electron chi connectivity index (χ0n) is 19.3. The van der Waals surface area contributed by atoms with Crippen LogP contribution in [0.5, 0.6) is 0 Å². The third kappa shape index (κ3) is 4.61. The normalized spacial score (nSPS) is 14.9. The SMILES string of the molecule is Cn1c(=O)c2c(nc(S)n2C)n(CC#Cc2cc(NC(=O)C3CC3)cc(NC(=O)C3CC3)c2)c1=O. The van der Waals surface area contributed by atoms with Crippen LogP contribution in [0.25, 0.3) is 11.2 Å². The topological polar surface area (TPSA) is 120 Å². The highest BCUT2D eigenvalue weighted by molar-refractivity contribution is 7.80. The Labute approximate surface area is 205 Å². The predicted octanol–water partition coefficient (Wildman–Crippen LogP) is 1.47. The molecule has 2 aliphatic rings. The maximum atomic E-state index is 12.7. The molecule has 0 aliphatic heterocycles. The van der Waals surface area contributed by atoms with E-state index in [2.05, 4.69) is 40.1 Å². The molecule has 10 nitrogen and oxygen atoms in total. The average molecular weight is 493 g/mol. The maximum absolute atomic E-state index is 12.7. The molecule has 0 radical (unpaired) electrons. The van der Waals surface area contributed by atoms with E-state index in [1.54, 1.807) is 25.2 Å². The molecule has 5 rings (SSSR count). The largest absolute Gasteiger partial charge is 0.333 e. The van der Waals surface area contributed by atoms with Gasteiger partial charge < -0.3 is 15.2 Å². The molecule has 2 fully saturated rings. The van der Waals surface area contributed by atoms with Crippen LogP contribution in [0.4, 0.5) is 11.4 Å². The Morgan fingerprint density at radius 1 is 1.00 bits per heavy atom. The van der Waals surface area contributed by atoms with Crippen LogP contribution in [0.1, 0.15) is 31.2 Å². The fourth-order valence-corrected chi connectivity index (χ4v) is 4.00. The zero-order chi connectivity index (χ0) is 24.9. The number of hydrogen-bond acceptors (Lipinski definition) is 6. The number of benzene rings is 1. The highest BCUT2D eigenvalue weighted by Gasteiger charge is 2.31. The molecule has 0 atom stereocenters. The Balaban J connectivity index is 1.47. The van der Waals surface area contributed by atoms with Crippen LogP contribution in [0, 0.1) is 23.7 Å². The molecule has 2 heterocycles. The molecule has 1 aromatic carbocycles. The van der Waals surface area contributed by atoms with Crippen molar-refractivity contribution < 1.29 is 9.59 Å². The number of aromatic nitrogens is 4. The number of fused-ring (bicyclic) bond motifs is 1. The number of carbonyl (C=O) groups excluding carboxylic acids is 2. The van der Waals surface area contributed by atoms with Crippen molar-refractivity contribution in [3.8, 4) is 11.8 Å². The van der Waals surface area contributed by atoms with Gasteiger partial charge >= 0.3 is 5.69 Å². The predicted molar refractivity (Wildman–Crippen MR) is 133 cm³/mol. The van der Waals surface area contributed by atoms with E-state index in [9.17, 15) is 19.2 Å². The summed E-state index contributed by atoms with van der Waals surface area (Å²) in [6.07, 6.45) is 3.50. The van der Waals surface area contributed by atoms with Gasteiger partial charge in [-0.15, -0.1) is 12.6 Å². The second kappa shape index (κ2) is 8.78. The van der Waals surface area contributed by atoms with Crippen molar-refractivity contribution in [2.75, 3.05) is 10.6 Å². The van der Waals surface area contributed by atoms with E-state index in [0.29, 0.717) is 22.1 Å². The third-order valence-electron chi connectivity index (χ3n) is 6.17. The Hall–Kier alpha value is -3.78. The molecular formula is C24H24N6O4S. The van der Waals surface area contributed by atoms with Gasteiger partial charge in [0.15, 0.2) is 16.3 Å². The molecule has 0 bridgehead atoms. The average Bonchev–Trinajstić information content (AvgIpc) is 3.72. The van der Waals surface area contributed by atoms with E-state index >= 15 is 0 Å². The van der Waals surface area contributed by atoms with Crippen LogP contribution in [-0.4, -0.2) is 30.5 Å². The van der Waals surface area contributed by atoms with Crippen LogP contribution in [0.15, 0.2) is 32.9 Å². The van der Waals surface area contributed by atoms with Crippen LogP contribution < -0.4 is 21.9 Å². The van der Waals surface area contributed by atoms with Gasteiger partial charge in [0.1, 0.15) is 0 Å². The molecule has 2 aromatic heterocycles. The number of anilines is 2. The molecule has 0 unspecified atom stereocenters. The summed E-state index contributed by atoms with van der Waals surface area (Å²) in [6.45, 7) is -0.0177. The van der Waals surface area contributed by atoms with Gasteiger partial charge in [0.05, 0.1) is 6.54 Å². The lowest BCUT2D eigenvalue weighted by Gasteiger charge is -2.10. The summed E-state index contributed by atoms with van der Waals surface area (Å²) < 4.78 is 3.85. The molecule has 35 heavy (non-hydrogen) atoms. The number of rotatable bonds is 5. The van der Waals surface area contributed by atoms with Crippen LogP contribution in [-0.2, 0) is 30.2 Å². The Bertz CT molecular complexity index is 1520. The second-order valence-corrected chi connectivity index (χ2v) is 9.40. The van der Waals surface area contributed by atoms with E-state index in [1.165, 1.54) is 16.2 Å². The minimum Gasteiger partial charge on any atom is -0.326 e. The number of hydrogen-bond donors (Lipinski definition) is 3. The molecule has 2 saturated carbocycles. The van der Waals surface area contributed by atoms with Gasteiger partial charge in [0.25, 0.3) is 5.56 Å². The second-order valence-electron chi connectivity index (χ2n) is 9.00. The van der Waals surface area contributed by atoms with Gasteiger partial charge in [-0.05, 0) is 43.9 Å². The summed E-state index contributed by atoms with van der Waals surface area (Å²) in [6, 6.07) is 5.17. The quantitative estimate of drug-likeness (QED) is 0.368. The number of carbonyl (C=O) groups is 2. The summed E-state index contributed by atoms with van der Waals surface area (Å²) in [5, 5.41) is 6.09. The zero-order valence-corrected chi connectivity index (χ0v) is 20.2. The summed E-state index contributed by atoms with van der Waals surface area (Å²) in [5.41, 5.74) is 1.13. The fraction of sp³-hybridized carbons (Fsp3) is 0.375. The number of aryl methyl sites for hydroxylation is 1. The lowest BCUT2D eigenvalue weighted by Crippen LogP contribution is -2.38. The molecule has 3 aromatic rings. The first-order valence-corrected chi connectivity index (χ1v) is 11.8. The van der Waals surface area contributed by atoms with Gasteiger partial charge in [-0.25, -0.2) is 9.78 Å². The van der Waals surface area contributed by atoms with Gasteiger partial charge in [0, 0.05) is 42.9 Å². The lowest BCUT2D eigenvalue weighted by molar-refractivity contribution is -0.118. The van der Waals surface area contributed by atoms with Crippen molar-refractivity contribution in [2.24, 2.45) is 25.9 Å². The van der Waals surface area contributed by atoms with Gasteiger partial charge in [-0.3, -0.25) is 23.5 Å². The minimum absolute atomic E-state index is 0.0177. The Morgan fingerprint density at radius 2 is 1.57 bits per heavy atom. The highest BCUT2D eigenvalue weighted by atomic mass is 32.1. The smallest absolute Gasteiger partial charge is 0.326 e. The van der Waals surface area contributed by atoms with Crippen LogP contribution in [0.2, 0.25) is 0 Å². The molecule has 2 amide bonds. The van der Waals surface area contributed by atoms with Gasteiger partial charge in [0.2, 0.25) is 11.8 Å². The Morgan fingerprint density at radius 3 is 2.11 bits per heavy atom. The first-order chi connectivity index (χ1) is 16.7. The summed E-state index contributed by atoms with van der Waals surface area (Å²) in [7, 11) is 3.05. The summed E-state index contributed by atoms with van der Waals surface area (Å²) >= 11 is 4.27. The Kier molecular flexibility index (Phi) is 5.76. The number of nitrogens with zero attached hydrogens (tertiary/aromatic N) is 4. The van der Waals surface area contributed by atoms with Gasteiger partial charge in [-0.1, -0.05) is 11.8 Å². The van der Waals surface area contributed by atoms with E-state index in [4.69, 9.17) is 0 Å². The van der Waals surface area contributed by atoms with Crippen molar-refractivity contribution in [1.82, 2.24) is 18.7 Å². The van der Waals surface area contributed by atoms with Crippen LogP contribution >= 0.6 is 12.6 Å². The van der Waals surface area contributed by atoms with E-state index in [1.807, 2.05) is 0 Å². The number of imidazole rings is 1. The maximum Gasteiger partial charge on any atom is 0.333 e. The lowest BCUT2D eigenvalue weighted by atomic mass is 10.1. The van der Waals surface area contributed by atoms with Gasteiger partial charge in [-0.2, -0.15) is 0 Å². The van der Waals surface area contributed by atoms with Crippen LogP contribution in [0.3, 0.4) is 0 Å². The van der Waals surface area contributed by atoms with Crippen molar-refractivity contribution >= 4 is 47.0 Å². The molecule has 11 heteroatoms. The molecule has 2 aliphatic carbocycles.